The summed E-state index contributed by atoms with van der Waals surface area (Å²) < 4.78 is 15.1. The lowest BCUT2D eigenvalue weighted by Gasteiger charge is -2.11. The van der Waals surface area contributed by atoms with Crippen molar-refractivity contribution in [3.8, 4) is 5.69 Å². The molecule has 0 spiro atoms. The Bertz CT molecular complexity index is 857. The van der Waals surface area contributed by atoms with Gasteiger partial charge in [0.25, 0.3) is 5.91 Å². The number of hydrogen-bond donors (Lipinski definition) is 1. The minimum absolute atomic E-state index is 0.190. The van der Waals surface area contributed by atoms with Crippen LogP contribution in [0, 0.1) is 5.82 Å². The molecular formula is C17H16FN5O. The Morgan fingerprint density at radius 1 is 1.17 bits per heavy atom. The Morgan fingerprint density at radius 2 is 1.96 bits per heavy atom. The van der Waals surface area contributed by atoms with Crippen LogP contribution < -0.4 is 10.2 Å². The number of carbonyl (C=O) groups excluding carboxylic acids is 1. The molecule has 122 valence electrons. The van der Waals surface area contributed by atoms with Crippen molar-refractivity contribution in [1.29, 1.82) is 0 Å². The molecule has 1 N–H and O–H groups in total. The van der Waals surface area contributed by atoms with Gasteiger partial charge in [0.15, 0.2) is 5.69 Å². The van der Waals surface area contributed by atoms with Crippen LogP contribution in [0.15, 0.2) is 54.9 Å². The van der Waals surface area contributed by atoms with Gasteiger partial charge in [-0.05, 0) is 30.3 Å². The second-order valence-corrected chi connectivity index (χ2v) is 5.35. The standard InChI is InChI=1S/C17H16FN5O/c1-22(2)16-8-7-12(11-19-16)20-17(24)14-9-10-23(21-14)15-6-4-3-5-13(15)18/h3-11H,1-2H3,(H,20,24). The first-order chi connectivity index (χ1) is 11.5. The molecule has 0 saturated carbocycles. The van der Waals surface area contributed by atoms with E-state index in [1.54, 1.807) is 42.7 Å². The van der Waals surface area contributed by atoms with E-state index in [1.165, 1.54) is 16.8 Å². The number of amides is 1. The highest BCUT2D eigenvalue weighted by molar-refractivity contribution is 6.02. The van der Waals surface area contributed by atoms with E-state index in [0.717, 1.165) is 5.82 Å². The third-order valence-electron chi connectivity index (χ3n) is 3.38. The summed E-state index contributed by atoms with van der Waals surface area (Å²) in [6.07, 6.45) is 3.11. The van der Waals surface area contributed by atoms with Gasteiger partial charge in [-0.1, -0.05) is 12.1 Å². The molecule has 24 heavy (non-hydrogen) atoms. The van der Waals surface area contributed by atoms with Crippen LogP contribution in [0.5, 0.6) is 0 Å². The second-order valence-electron chi connectivity index (χ2n) is 5.35. The van der Waals surface area contributed by atoms with E-state index in [9.17, 15) is 9.18 Å². The normalized spacial score (nSPS) is 10.5. The molecule has 3 rings (SSSR count). The first kappa shape index (κ1) is 15.7. The number of benzene rings is 1. The molecule has 1 amide bonds. The molecule has 0 unspecified atom stereocenters. The largest absolute Gasteiger partial charge is 0.363 e. The van der Waals surface area contributed by atoms with Crippen LogP contribution in [-0.4, -0.2) is 34.8 Å². The number of nitrogens with one attached hydrogen (secondary N) is 1. The maximum Gasteiger partial charge on any atom is 0.276 e. The minimum Gasteiger partial charge on any atom is -0.363 e. The summed E-state index contributed by atoms with van der Waals surface area (Å²) in [4.78, 5) is 18.3. The number of halogens is 1. The zero-order valence-corrected chi connectivity index (χ0v) is 13.3. The Hall–Kier alpha value is -3.22. The van der Waals surface area contributed by atoms with Crippen molar-refractivity contribution in [2.24, 2.45) is 0 Å². The summed E-state index contributed by atoms with van der Waals surface area (Å²) in [6.45, 7) is 0. The van der Waals surface area contributed by atoms with Crippen LogP contribution in [0.2, 0.25) is 0 Å². The lowest BCUT2D eigenvalue weighted by molar-refractivity contribution is 0.102. The van der Waals surface area contributed by atoms with Gasteiger partial charge in [0.2, 0.25) is 0 Å². The molecule has 6 nitrogen and oxygen atoms in total. The highest BCUT2D eigenvalue weighted by atomic mass is 19.1. The summed E-state index contributed by atoms with van der Waals surface area (Å²) in [5.41, 5.74) is 1.04. The fourth-order valence-electron chi connectivity index (χ4n) is 2.14. The third kappa shape index (κ3) is 3.24. The summed E-state index contributed by atoms with van der Waals surface area (Å²) in [6, 6.07) is 11.3. The molecule has 2 aromatic heterocycles. The summed E-state index contributed by atoms with van der Waals surface area (Å²) in [5.74, 6) is -0.00245. The Morgan fingerprint density at radius 3 is 2.62 bits per heavy atom. The lowest BCUT2D eigenvalue weighted by Crippen LogP contribution is -2.14. The number of nitrogens with zero attached hydrogens (tertiary/aromatic N) is 4. The first-order valence-electron chi connectivity index (χ1n) is 7.30. The van der Waals surface area contributed by atoms with Crippen molar-refractivity contribution in [3.05, 3.63) is 66.4 Å². The number of aromatic nitrogens is 3. The Kier molecular flexibility index (Phi) is 4.24. The van der Waals surface area contributed by atoms with Gasteiger partial charge in [-0.15, -0.1) is 0 Å². The Balaban J connectivity index is 1.75. The average Bonchev–Trinajstić information content (AvgIpc) is 3.05. The lowest BCUT2D eigenvalue weighted by atomic mass is 10.3. The second kappa shape index (κ2) is 6.49. The molecule has 1 aromatic carbocycles. The molecule has 0 radical (unpaired) electrons. The van der Waals surface area contributed by atoms with Gasteiger partial charge < -0.3 is 10.2 Å². The molecule has 0 aliphatic carbocycles. The number of anilines is 2. The van der Waals surface area contributed by atoms with E-state index in [2.05, 4.69) is 15.4 Å². The van der Waals surface area contributed by atoms with Gasteiger partial charge in [0.1, 0.15) is 17.3 Å². The highest BCUT2D eigenvalue weighted by Crippen LogP contribution is 2.14. The predicted molar refractivity (Wildman–Crippen MR) is 90.0 cm³/mol. The maximum atomic E-state index is 13.8. The monoisotopic (exact) mass is 325 g/mol. The van der Waals surface area contributed by atoms with Gasteiger partial charge in [-0.3, -0.25) is 4.79 Å². The molecule has 2 heterocycles. The number of carbonyl (C=O) groups is 1. The number of rotatable bonds is 4. The van der Waals surface area contributed by atoms with E-state index in [0.29, 0.717) is 5.69 Å². The van der Waals surface area contributed by atoms with Crippen LogP contribution in [0.3, 0.4) is 0 Å². The van der Waals surface area contributed by atoms with E-state index in [-0.39, 0.29) is 17.3 Å². The zero-order chi connectivity index (χ0) is 17.1. The fraction of sp³-hybridized carbons (Fsp3) is 0.118. The molecule has 0 bridgehead atoms. The smallest absolute Gasteiger partial charge is 0.276 e. The van der Waals surface area contributed by atoms with Crippen LogP contribution in [0.4, 0.5) is 15.9 Å². The molecule has 7 heteroatoms. The van der Waals surface area contributed by atoms with E-state index in [1.807, 2.05) is 19.0 Å². The van der Waals surface area contributed by atoms with Crippen LogP contribution in [0.1, 0.15) is 10.5 Å². The zero-order valence-electron chi connectivity index (χ0n) is 13.3. The summed E-state index contributed by atoms with van der Waals surface area (Å²) in [5, 5.41) is 6.83. The first-order valence-corrected chi connectivity index (χ1v) is 7.30. The third-order valence-corrected chi connectivity index (χ3v) is 3.38. The molecule has 3 aromatic rings. The van der Waals surface area contributed by atoms with Gasteiger partial charge in [0, 0.05) is 20.3 Å². The fourth-order valence-corrected chi connectivity index (χ4v) is 2.14. The van der Waals surface area contributed by atoms with E-state index in [4.69, 9.17) is 0 Å². The number of para-hydroxylation sites is 1. The summed E-state index contributed by atoms with van der Waals surface area (Å²) >= 11 is 0. The molecule has 0 aliphatic rings. The molecule has 0 fully saturated rings. The molecule has 0 saturated heterocycles. The van der Waals surface area contributed by atoms with Crippen molar-refractivity contribution in [2.45, 2.75) is 0 Å². The van der Waals surface area contributed by atoms with E-state index >= 15 is 0 Å². The Labute approximate surface area is 138 Å². The van der Waals surface area contributed by atoms with Crippen molar-refractivity contribution < 1.29 is 9.18 Å². The van der Waals surface area contributed by atoms with Crippen LogP contribution in [0.25, 0.3) is 5.69 Å². The van der Waals surface area contributed by atoms with Crippen molar-refractivity contribution >= 4 is 17.4 Å². The highest BCUT2D eigenvalue weighted by Gasteiger charge is 2.12. The molecule has 0 atom stereocenters. The van der Waals surface area contributed by atoms with Crippen molar-refractivity contribution in [1.82, 2.24) is 14.8 Å². The topological polar surface area (TPSA) is 63.1 Å². The van der Waals surface area contributed by atoms with E-state index < -0.39 is 5.82 Å². The van der Waals surface area contributed by atoms with Gasteiger partial charge in [-0.2, -0.15) is 5.10 Å². The van der Waals surface area contributed by atoms with Gasteiger partial charge in [-0.25, -0.2) is 14.1 Å². The maximum absolute atomic E-state index is 13.8. The average molecular weight is 325 g/mol. The van der Waals surface area contributed by atoms with Gasteiger partial charge in [0.05, 0.1) is 11.9 Å². The quantitative estimate of drug-likeness (QED) is 0.801. The molecular weight excluding hydrogens is 309 g/mol. The minimum atomic E-state index is -0.406. The van der Waals surface area contributed by atoms with Crippen LogP contribution >= 0.6 is 0 Å². The molecule has 0 aliphatic heterocycles. The van der Waals surface area contributed by atoms with Gasteiger partial charge >= 0.3 is 0 Å². The van der Waals surface area contributed by atoms with Crippen LogP contribution in [-0.2, 0) is 0 Å². The number of hydrogen-bond acceptors (Lipinski definition) is 4. The predicted octanol–water partition coefficient (Wildman–Crippen LogP) is 2.72. The van der Waals surface area contributed by atoms with Crippen molar-refractivity contribution in [3.63, 3.8) is 0 Å². The van der Waals surface area contributed by atoms with Crippen molar-refractivity contribution in [2.75, 3.05) is 24.3 Å². The number of pyridine rings is 1. The SMILES string of the molecule is CN(C)c1ccc(NC(=O)c2ccn(-c3ccccc3F)n2)cn1. The summed E-state index contributed by atoms with van der Waals surface area (Å²) in [7, 11) is 3.77.